The molecule has 0 fully saturated rings. The number of thiazole rings is 1. The van der Waals surface area contributed by atoms with Crippen LogP contribution < -0.4 is 0 Å². The predicted octanol–water partition coefficient (Wildman–Crippen LogP) is 3.07. The van der Waals surface area contributed by atoms with E-state index >= 15 is 0 Å². The van der Waals surface area contributed by atoms with Crippen LogP contribution in [0, 0.1) is 6.92 Å². The van der Waals surface area contributed by atoms with E-state index in [1.165, 1.54) is 0 Å². The van der Waals surface area contributed by atoms with Crippen LogP contribution in [0.15, 0.2) is 40.7 Å². The Bertz CT molecular complexity index is 446. The van der Waals surface area contributed by atoms with Crippen LogP contribution in [0.1, 0.15) is 16.3 Å². The van der Waals surface area contributed by atoms with Crippen molar-refractivity contribution in [3.63, 3.8) is 0 Å². The van der Waals surface area contributed by atoms with Crippen LogP contribution in [0.3, 0.4) is 0 Å². The molecule has 2 rings (SSSR count). The van der Waals surface area contributed by atoms with Gasteiger partial charge in [0.1, 0.15) is 5.01 Å². The molecular formula is C12H12N2S. The Kier molecular flexibility index (Phi) is 3.25. The number of aryl methyl sites for hydroxylation is 1. The standard InChI is InChI=1S/C12H12N2S/c1-10-9-15-12(14-10)8-13-7-11-5-3-2-4-6-11/h2-7,9H,8H2,1H3. The maximum Gasteiger partial charge on any atom is 0.114 e. The van der Waals surface area contributed by atoms with Crippen LogP contribution in [0.4, 0.5) is 0 Å². The van der Waals surface area contributed by atoms with E-state index in [2.05, 4.69) is 9.98 Å². The van der Waals surface area contributed by atoms with Crippen molar-refractivity contribution < 1.29 is 0 Å². The highest BCUT2D eigenvalue weighted by Crippen LogP contribution is 2.09. The Labute approximate surface area is 93.3 Å². The van der Waals surface area contributed by atoms with E-state index in [-0.39, 0.29) is 0 Å². The fraction of sp³-hybridized carbons (Fsp3) is 0.167. The quantitative estimate of drug-likeness (QED) is 0.724. The summed E-state index contributed by atoms with van der Waals surface area (Å²) in [6.07, 6.45) is 1.89. The number of aromatic nitrogens is 1. The highest BCUT2D eigenvalue weighted by Gasteiger charge is 1.95. The number of rotatable bonds is 3. The van der Waals surface area contributed by atoms with Gasteiger partial charge in [-0.25, -0.2) is 4.98 Å². The van der Waals surface area contributed by atoms with Crippen LogP contribution in [0.2, 0.25) is 0 Å². The molecule has 1 heterocycles. The summed E-state index contributed by atoms with van der Waals surface area (Å²) in [5.74, 6) is 0. The Morgan fingerprint density at radius 2 is 2.13 bits per heavy atom. The molecule has 0 saturated heterocycles. The molecule has 3 heteroatoms. The molecule has 0 saturated carbocycles. The van der Waals surface area contributed by atoms with Crippen LogP contribution in [-0.4, -0.2) is 11.2 Å². The minimum absolute atomic E-state index is 0.674. The van der Waals surface area contributed by atoms with E-state index in [0.29, 0.717) is 6.54 Å². The average molecular weight is 216 g/mol. The third kappa shape index (κ3) is 2.99. The maximum absolute atomic E-state index is 4.35. The molecule has 0 spiro atoms. The second kappa shape index (κ2) is 4.84. The SMILES string of the molecule is Cc1csc(CN=Cc2ccccc2)n1. The average Bonchev–Trinajstić information content (AvgIpc) is 2.66. The normalized spacial score (nSPS) is 11.0. The topological polar surface area (TPSA) is 25.2 Å². The van der Waals surface area contributed by atoms with Crippen molar-refractivity contribution in [1.29, 1.82) is 0 Å². The van der Waals surface area contributed by atoms with Crippen LogP contribution in [0.25, 0.3) is 0 Å². The Hall–Kier alpha value is -1.48. The van der Waals surface area contributed by atoms with E-state index < -0.39 is 0 Å². The number of nitrogens with zero attached hydrogens (tertiary/aromatic N) is 2. The molecule has 2 aromatic rings. The van der Waals surface area contributed by atoms with Gasteiger partial charge in [-0.05, 0) is 12.5 Å². The lowest BCUT2D eigenvalue weighted by molar-refractivity contribution is 1.03. The molecule has 0 unspecified atom stereocenters. The van der Waals surface area contributed by atoms with Gasteiger partial charge in [0.25, 0.3) is 0 Å². The summed E-state index contributed by atoms with van der Waals surface area (Å²) >= 11 is 1.66. The third-order valence-electron chi connectivity index (χ3n) is 1.93. The van der Waals surface area contributed by atoms with Gasteiger partial charge in [-0.1, -0.05) is 30.3 Å². The van der Waals surface area contributed by atoms with Crippen LogP contribution in [0.5, 0.6) is 0 Å². The monoisotopic (exact) mass is 216 g/mol. The fourth-order valence-corrected chi connectivity index (χ4v) is 1.95. The van der Waals surface area contributed by atoms with E-state index in [0.717, 1.165) is 16.3 Å². The van der Waals surface area contributed by atoms with Crippen molar-refractivity contribution >= 4 is 17.6 Å². The van der Waals surface area contributed by atoms with Gasteiger partial charge in [0, 0.05) is 17.3 Å². The highest BCUT2D eigenvalue weighted by molar-refractivity contribution is 7.09. The van der Waals surface area contributed by atoms with Crippen LogP contribution >= 0.6 is 11.3 Å². The number of hydrogen-bond donors (Lipinski definition) is 0. The zero-order chi connectivity index (χ0) is 10.5. The van der Waals surface area contributed by atoms with Crippen molar-refractivity contribution in [3.8, 4) is 0 Å². The molecule has 1 aromatic carbocycles. The first-order valence-corrected chi connectivity index (χ1v) is 5.68. The Balaban J connectivity index is 1.96. The molecule has 2 nitrogen and oxygen atoms in total. The Morgan fingerprint density at radius 1 is 1.33 bits per heavy atom. The summed E-state index contributed by atoms with van der Waals surface area (Å²) in [6.45, 7) is 2.67. The zero-order valence-electron chi connectivity index (χ0n) is 8.55. The van der Waals surface area contributed by atoms with E-state index in [1.54, 1.807) is 11.3 Å². The first-order valence-electron chi connectivity index (χ1n) is 4.80. The molecule has 0 amide bonds. The third-order valence-corrected chi connectivity index (χ3v) is 2.88. The van der Waals surface area contributed by atoms with Crippen LogP contribution in [-0.2, 0) is 6.54 Å². The minimum Gasteiger partial charge on any atom is -0.285 e. The second-order valence-corrected chi connectivity index (χ2v) is 4.21. The van der Waals surface area contributed by atoms with Gasteiger partial charge < -0.3 is 0 Å². The van der Waals surface area contributed by atoms with Crippen molar-refractivity contribution in [2.45, 2.75) is 13.5 Å². The molecule has 1 aromatic heterocycles. The zero-order valence-corrected chi connectivity index (χ0v) is 9.37. The number of benzene rings is 1. The van der Waals surface area contributed by atoms with Gasteiger partial charge in [-0.3, -0.25) is 4.99 Å². The van der Waals surface area contributed by atoms with Gasteiger partial charge in [0.2, 0.25) is 0 Å². The lowest BCUT2D eigenvalue weighted by Crippen LogP contribution is -1.83. The molecule has 0 N–H and O–H groups in total. The molecule has 0 aliphatic carbocycles. The van der Waals surface area contributed by atoms with E-state index in [1.807, 2.05) is 48.9 Å². The summed E-state index contributed by atoms with van der Waals surface area (Å²) in [6, 6.07) is 10.1. The molecule has 0 atom stereocenters. The lowest BCUT2D eigenvalue weighted by Gasteiger charge is -1.90. The molecule has 15 heavy (non-hydrogen) atoms. The van der Waals surface area contributed by atoms with Gasteiger partial charge in [-0.15, -0.1) is 11.3 Å². The Morgan fingerprint density at radius 3 is 2.80 bits per heavy atom. The van der Waals surface area contributed by atoms with Gasteiger partial charge in [-0.2, -0.15) is 0 Å². The van der Waals surface area contributed by atoms with Crippen molar-refractivity contribution in [3.05, 3.63) is 52.0 Å². The summed E-state index contributed by atoms with van der Waals surface area (Å²) < 4.78 is 0. The number of hydrogen-bond acceptors (Lipinski definition) is 3. The molecule has 0 aliphatic rings. The van der Waals surface area contributed by atoms with Crippen molar-refractivity contribution in [2.24, 2.45) is 4.99 Å². The van der Waals surface area contributed by atoms with E-state index in [9.17, 15) is 0 Å². The lowest BCUT2D eigenvalue weighted by atomic mass is 10.2. The summed E-state index contributed by atoms with van der Waals surface area (Å²) in [5, 5.41) is 3.12. The largest absolute Gasteiger partial charge is 0.285 e. The fourth-order valence-electron chi connectivity index (χ4n) is 1.24. The van der Waals surface area contributed by atoms with Crippen molar-refractivity contribution in [1.82, 2.24) is 4.98 Å². The van der Waals surface area contributed by atoms with Gasteiger partial charge in [0.15, 0.2) is 0 Å². The molecule has 76 valence electrons. The first-order chi connectivity index (χ1) is 7.34. The molecule has 0 radical (unpaired) electrons. The smallest absolute Gasteiger partial charge is 0.114 e. The molecular weight excluding hydrogens is 204 g/mol. The van der Waals surface area contributed by atoms with Gasteiger partial charge in [0.05, 0.1) is 6.54 Å². The maximum atomic E-state index is 4.35. The summed E-state index contributed by atoms with van der Waals surface area (Å²) in [4.78, 5) is 8.69. The van der Waals surface area contributed by atoms with Crippen molar-refractivity contribution in [2.75, 3.05) is 0 Å². The molecule has 0 bridgehead atoms. The first kappa shape index (κ1) is 10.1. The van der Waals surface area contributed by atoms with Gasteiger partial charge >= 0.3 is 0 Å². The van der Waals surface area contributed by atoms with E-state index in [4.69, 9.17) is 0 Å². The summed E-state index contributed by atoms with van der Waals surface area (Å²) in [5.41, 5.74) is 2.20. The second-order valence-electron chi connectivity index (χ2n) is 3.26. The number of aliphatic imine (C=N–C) groups is 1. The molecule has 0 aliphatic heterocycles. The highest BCUT2D eigenvalue weighted by atomic mass is 32.1. The summed E-state index contributed by atoms with van der Waals surface area (Å²) in [7, 11) is 0. The predicted molar refractivity (Wildman–Crippen MR) is 64.6 cm³/mol. The minimum atomic E-state index is 0.674.